The minimum atomic E-state index is -0.0808. The molecule has 1 unspecified atom stereocenters. The Morgan fingerprint density at radius 1 is 1.00 bits per heavy atom. The largest absolute Gasteiger partial charge is 0.457 e. The van der Waals surface area contributed by atoms with Crippen molar-refractivity contribution in [3.63, 3.8) is 0 Å². The second-order valence-corrected chi connectivity index (χ2v) is 5.30. The van der Waals surface area contributed by atoms with Gasteiger partial charge in [0.15, 0.2) is 0 Å². The number of hydrogen-bond acceptors (Lipinski definition) is 2. The van der Waals surface area contributed by atoms with Crippen LogP contribution in [-0.2, 0) is 0 Å². The molecule has 2 rings (SSSR count). The molecule has 0 saturated carbocycles. The lowest BCUT2D eigenvalue weighted by Gasteiger charge is -2.12. The Hall–Kier alpha value is -1.51. The SMILES string of the molecule is Cc1cc(C)cc(Oc2ccc(C(C)N)c(Cl)c2)c1. The van der Waals surface area contributed by atoms with E-state index in [4.69, 9.17) is 22.1 Å². The van der Waals surface area contributed by atoms with E-state index >= 15 is 0 Å². The Morgan fingerprint density at radius 2 is 1.63 bits per heavy atom. The van der Waals surface area contributed by atoms with E-state index in [-0.39, 0.29) is 6.04 Å². The Morgan fingerprint density at radius 3 is 2.16 bits per heavy atom. The van der Waals surface area contributed by atoms with Crippen LogP contribution in [0.2, 0.25) is 5.02 Å². The van der Waals surface area contributed by atoms with Crippen LogP contribution in [0.25, 0.3) is 0 Å². The monoisotopic (exact) mass is 275 g/mol. The van der Waals surface area contributed by atoms with Gasteiger partial charge in [-0.05, 0) is 61.7 Å². The summed E-state index contributed by atoms with van der Waals surface area (Å²) in [5, 5.41) is 0.636. The van der Waals surface area contributed by atoms with E-state index in [1.165, 1.54) is 11.1 Å². The van der Waals surface area contributed by atoms with Gasteiger partial charge in [0.05, 0.1) is 0 Å². The third kappa shape index (κ3) is 3.49. The number of halogens is 1. The van der Waals surface area contributed by atoms with Crippen molar-refractivity contribution >= 4 is 11.6 Å². The fourth-order valence-corrected chi connectivity index (χ4v) is 2.41. The fraction of sp³-hybridized carbons (Fsp3) is 0.250. The molecule has 0 aliphatic heterocycles. The fourth-order valence-electron chi connectivity index (χ4n) is 2.07. The quantitative estimate of drug-likeness (QED) is 0.876. The molecule has 0 fully saturated rings. The molecule has 0 spiro atoms. The second-order valence-electron chi connectivity index (χ2n) is 4.90. The van der Waals surface area contributed by atoms with E-state index in [0.717, 1.165) is 17.1 Å². The summed E-state index contributed by atoms with van der Waals surface area (Å²) < 4.78 is 5.83. The molecule has 2 nitrogen and oxygen atoms in total. The summed E-state index contributed by atoms with van der Waals surface area (Å²) in [6.07, 6.45) is 0. The first-order valence-electron chi connectivity index (χ1n) is 6.27. The van der Waals surface area contributed by atoms with Crippen molar-refractivity contribution in [1.29, 1.82) is 0 Å². The summed E-state index contributed by atoms with van der Waals surface area (Å²) in [5.41, 5.74) is 9.11. The zero-order valence-electron chi connectivity index (χ0n) is 11.4. The van der Waals surface area contributed by atoms with Gasteiger partial charge < -0.3 is 10.5 Å². The first-order chi connectivity index (χ1) is 8.95. The number of ether oxygens (including phenoxy) is 1. The zero-order chi connectivity index (χ0) is 14.0. The third-order valence-corrected chi connectivity index (χ3v) is 3.22. The highest BCUT2D eigenvalue weighted by atomic mass is 35.5. The molecule has 19 heavy (non-hydrogen) atoms. The lowest BCUT2D eigenvalue weighted by Crippen LogP contribution is -2.05. The van der Waals surface area contributed by atoms with Crippen LogP contribution in [-0.4, -0.2) is 0 Å². The van der Waals surface area contributed by atoms with Gasteiger partial charge >= 0.3 is 0 Å². The van der Waals surface area contributed by atoms with E-state index in [9.17, 15) is 0 Å². The van der Waals surface area contributed by atoms with Crippen molar-refractivity contribution in [1.82, 2.24) is 0 Å². The van der Waals surface area contributed by atoms with E-state index < -0.39 is 0 Å². The molecular formula is C16H18ClNO. The maximum Gasteiger partial charge on any atom is 0.128 e. The van der Waals surface area contributed by atoms with Gasteiger partial charge in [-0.15, -0.1) is 0 Å². The van der Waals surface area contributed by atoms with Crippen LogP contribution in [0.1, 0.15) is 29.7 Å². The molecule has 1 atom stereocenters. The number of hydrogen-bond donors (Lipinski definition) is 1. The molecule has 0 bridgehead atoms. The molecule has 100 valence electrons. The minimum Gasteiger partial charge on any atom is -0.457 e. The summed E-state index contributed by atoms with van der Waals surface area (Å²) in [6.45, 7) is 6.00. The van der Waals surface area contributed by atoms with Gasteiger partial charge in [-0.3, -0.25) is 0 Å². The van der Waals surface area contributed by atoms with Gasteiger partial charge in [-0.2, -0.15) is 0 Å². The van der Waals surface area contributed by atoms with Gasteiger partial charge in [0, 0.05) is 11.1 Å². The predicted molar refractivity (Wildman–Crippen MR) is 80.0 cm³/mol. The molecule has 0 aliphatic rings. The zero-order valence-corrected chi connectivity index (χ0v) is 12.2. The summed E-state index contributed by atoms with van der Waals surface area (Å²) in [4.78, 5) is 0. The van der Waals surface area contributed by atoms with Crippen LogP contribution in [0.5, 0.6) is 11.5 Å². The molecule has 2 aromatic rings. The van der Waals surface area contributed by atoms with Crippen LogP contribution in [0.4, 0.5) is 0 Å². The lowest BCUT2D eigenvalue weighted by atomic mass is 10.1. The number of benzene rings is 2. The molecule has 0 radical (unpaired) electrons. The molecule has 0 saturated heterocycles. The highest BCUT2D eigenvalue weighted by Crippen LogP contribution is 2.29. The summed E-state index contributed by atoms with van der Waals surface area (Å²) in [5.74, 6) is 1.54. The van der Waals surface area contributed by atoms with Gasteiger partial charge in [-0.1, -0.05) is 23.7 Å². The van der Waals surface area contributed by atoms with Crippen molar-refractivity contribution in [2.24, 2.45) is 5.73 Å². The minimum absolute atomic E-state index is 0.0808. The molecule has 0 amide bonds. The molecule has 0 heterocycles. The molecule has 2 N–H and O–H groups in total. The average Bonchev–Trinajstić information content (AvgIpc) is 2.26. The molecule has 3 heteroatoms. The van der Waals surface area contributed by atoms with E-state index in [0.29, 0.717) is 5.02 Å². The lowest BCUT2D eigenvalue weighted by molar-refractivity contribution is 0.481. The molecule has 0 aromatic heterocycles. The first kappa shape index (κ1) is 13.9. The highest BCUT2D eigenvalue weighted by molar-refractivity contribution is 6.31. The number of aryl methyl sites for hydroxylation is 2. The predicted octanol–water partition coefficient (Wildman–Crippen LogP) is 4.77. The van der Waals surface area contributed by atoms with Gasteiger partial charge in [-0.25, -0.2) is 0 Å². The maximum atomic E-state index is 6.19. The number of nitrogens with two attached hydrogens (primary N) is 1. The first-order valence-corrected chi connectivity index (χ1v) is 6.64. The van der Waals surface area contributed by atoms with Crippen molar-refractivity contribution in [3.05, 3.63) is 58.1 Å². The van der Waals surface area contributed by atoms with Crippen LogP contribution in [0.15, 0.2) is 36.4 Å². The maximum absolute atomic E-state index is 6.19. The van der Waals surface area contributed by atoms with E-state index in [1.54, 1.807) is 6.07 Å². The normalized spacial score (nSPS) is 12.3. The molecule has 2 aromatic carbocycles. The standard InChI is InChI=1S/C16H18ClNO/c1-10-6-11(2)8-14(7-10)19-13-4-5-15(12(3)18)16(17)9-13/h4-9,12H,18H2,1-3H3. The summed E-state index contributed by atoms with van der Waals surface area (Å²) >= 11 is 6.19. The topological polar surface area (TPSA) is 35.2 Å². The summed E-state index contributed by atoms with van der Waals surface area (Å²) in [6, 6.07) is 11.6. The van der Waals surface area contributed by atoms with Crippen molar-refractivity contribution in [2.75, 3.05) is 0 Å². The number of rotatable bonds is 3. The summed E-state index contributed by atoms with van der Waals surface area (Å²) in [7, 11) is 0. The Labute approximate surface area is 119 Å². The van der Waals surface area contributed by atoms with Gasteiger partial charge in [0.1, 0.15) is 11.5 Å². The Kier molecular flexibility index (Phi) is 4.13. The van der Waals surface area contributed by atoms with Crippen molar-refractivity contribution < 1.29 is 4.74 Å². The molecular weight excluding hydrogens is 258 g/mol. The second kappa shape index (κ2) is 5.64. The van der Waals surface area contributed by atoms with Crippen molar-refractivity contribution in [2.45, 2.75) is 26.8 Å². The van der Waals surface area contributed by atoms with Crippen LogP contribution in [0, 0.1) is 13.8 Å². The van der Waals surface area contributed by atoms with Crippen molar-refractivity contribution in [3.8, 4) is 11.5 Å². The van der Waals surface area contributed by atoms with E-state index in [2.05, 4.69) is 6.07 Å². The van der Waals surface area contributed by atoms with Gasteiger partial charge in [0.25, 0.3) is 0 Å². The van der Waals surface area contributed by atoms with E-state index in [1.807, 2.05) is 45.0 Å². The average molecular weight is 276 g/mol. The molecule has 0 aliphatic carbocycles. The van der Waals surface area contributed by atoms with Gasteiger partial charge in [0.2, 0.25) is 0 Å². The highest BCUT2D eigenvalue weighted by Gasteiger charge is 2.07. The van der Waals surface area contributed by atoms with Crippen LogP contribution < -0.4 is 10.5 Å². The Bertz CT molecular complexity index is 573. The smallest absolute Gasteiger partial charge is 0.128 e. The Balaban J connectivity index is 2.26. The van der Waals surface area contributed by atoms with Crippen LogP contribution >= 0.6 is 11.6 Å². The third-order valence-electron chi connectivity index (χ3n) is 2.89. The van der Waals surface area contributed by atoms with Crippen LogP contribution in [0.3, 0.4) is 0 Å².